The summed E-state index contributed by atoms with van der Waals surface area (Å²) in [5, 5.41) is 5.94. The molecule has 0 saturated heterocycles. The highest BCUT2D eigenvalue weighted by Gasteiger charge is 2.28. The first-order valence-corrected chi connectivity index (χ1v) is 8.54. The minimum atomic E-state index is -0.316. The van der Waals surface area contributed by atoms with Crippen LogP contribution in [0.1, 0.15) is 34.1 Å². The molecule has 1 aliphatic rings. The van der Waals surface area contributed by atoms with E-state index in [-0.39, 0.29) is 18.3 Å². The number of hydrogen-bond acceptors (Lipinski definition) is 4. The third-order valence-electron chi connectivity index (χ3n) is 4.32. The molecule has 134 valence electrons. The van der Waals surface area contributed by atoms with E-state index in [1.807, 2.05) is 13.0 Å². The molecule has 0 aliphatic carbocycles. The number of pyridine rings is 1. The van der Waals surface area contributed by atoms with Crippen LogP contribution in [0.2, 0.25) is 0 Å². The Morgan fingerprint density at radius 3 is 2.96 bits per heavy atom. The molecule has 1 aromatic heterocycles. The van der Waals surface area contributed by atoms with Gasteiger partial charge in [-0.25, -0.2) is 4.39 Å². The first-order valence-electron chi connectivity index (χ1n) is 8.54. The van der Waals surface area contributed by atoms with E-state index in [1.54, 1.807) is 46.7 Å². The maximum absolute atomic E-state index is 14.5. The van der Waals surface area contributed by atoms with Gasteiger partial charge in [-0.1, -0.05) is 18.7 Å². The zero-order valence-corrected chi connectivity index (χ0v) is 14.7. The molecule has 1 amide bonds. The van der Waals surface area contributed by atoms with Crippen molar-refractivity contribution in [2.45, 2.75) is 26.4 Å². The van der Waals surface area contributed by atoms with Crippen LogP contribution in [0.25, 0.3) is 0 Å². The second-order valence-corrected chi connectivity index (χ2v) is 6.03. The molecule has 0 spiro atoms. The van der Waals surface area contributed by atoms with Crippen LogP contribution in [-0.4, -0.2) is 33.6 Å². The van der Waals surface area contributed by atoms with E-state index >= 15 is 0 Å². The minimum Gasteiger partial charge on any atom is -0.328 e. The van der Waals surface area contributed by atoms with Crippen molar-refractivity contribution < 1.29 is 9.18 Å². The fraction of sp³-hybridized carbons (Fsp3) is 0.250. The summed E-state index contributed by atoms with van der Waals surface area (Å²) in [5.41, 5.74) is 2.66. The predicted octanol–water partition coefficient (Wildman–Crippen LogP) is 3.37. The fourth-order valence-electron chi connectivity index (χ4n) is 2.87. The Balaban J connectivity index is 1.66. The van der Waals surface area contributed by atoms with Gasteiger partial charge >= 0.3 is 0 Å². The number of hydrogen-bond donors (Lipinski definition) is 0. The number of carbonyl (C=O) groups is 1. The van der Waals surface area contributed by atoms with Crippen LogP contribution >= 0.6 is 0 Å². The quantitative estimate of drug-likeness (QED) is 0.567. The SMILES string of the molecule is C=CN(CC)/N=C\Cc1ccc(CN2Cc3ncccc3C2=O)c(F)c1. The number of carbonyl (C=O) groups excluding carboxylic acids is 1. The molecule has 0 fully saturated rings. The number of hydrazone groups is 1. The van der Waals surface area contributed by atoms with Gasteiger partial charge in [0.2, 0.25) is 0 Å². The Labute approximate surface area is 152 Å². The van der Waals surface area contributed by atoms with E-state index < -0.39 is 0 Å². The molecular formula is C20H21FN4O. The molecule has 3 rings (SSSR count). The lowest BCUT2D eigenvalue weighted by Gasteiger charge is -2.16. The Morgan fingerprint density at radius 2 is 2.27 bits per heavy atom. The largest absolute Gasteiger partial charge is 0.328 e. The summed E-state index contributed by atoms with van der Waals surface area (Å²) >= 11 is 0. The van der Waals surface area contributed by atoms with E-state index in [9.17, 15) is 9.18 Å². The van der Waals surface area contributed by atoms with E-state index in [4.69, 9.17) is 0 Å². The van der Waals surface area contributed by atoms with Gasteiger partial charge in [0.05, 0.1) is 17.8 Å². The third kappa shape index (κ3) is 3.79. The molecule has 5 nitrogen and oxygen atoms in total. The zero-order chi connectivity index (χ0) is 18.5. The number of benzene rings is 1. The van der Waals surface area contributed by atoms with Crippen molar-refractivity contribution in [3.8, 4) is 0 Å². The Morgan fingerprint density at radius 1 is 1.42 bits per heavy atom. The smallest absolute Gasteiger partial charge is 0.256 e. The standard InChI is InChI=1S/C20H21FN4O/c1-3-25(4-2)23-11-9-15-7-8-16(18(21)12-15)13-24-14-19-17(20(24)26)6-5-10-22-19/h3,5-8,10-12H,1,4,9,13-14H2,2H3/b23-11-. The van der Waals surface area contributed by atoms with Crippen LogP contribution < -0.4 is 0 Å². The van der Waals surface area contributed by atoms with E-state index in [2.05, 4.69) is 16.7 Å². The van der Waals surface area contributed by atoms with Gasteiger partial charge in [0.15, 0.2) is 0 Å². The topological polar surface area (TPSA) is 48.8 Å². The fourth-order valence-corrected chi connectivity index (χ4v) is 2.87. The molecule has 0 N–H and O–H groups in total. The normalized spacial score (nSPS) is 13.3. The van der Waals surface area contributed by atoms with Gasteiger partial charge in [0.1, 0.15) is 5.82 Å². The van der Waals surface area contributed by atoms with Crippen molar-refractivity contribution in [1.29, 1.82) is 0 Å². The number of rotatable bonds is 7. The molecule has 2 heterocycles. The summed E-state index contributed by atoms with van der Waals surface area (Å²) in [6, 6.07) is 8.58. The van der Waals surface area contributed by atoms with Crippen LogP contribution in [-0.2, 0) is 19.5 Å². The van der Waals surface area contributed by atoms with Gasteiger partial charge in [-0.2, -0.15) is 5.10 Å². The van der Waals surface area contributed by atoms with Gasteiger partial charge < -0.3 is 4.90 Å². The molecule has 0 atom stereocenters. The van der Waals surface area contributed by atoms with Gasteiger partial charge in [-0.05, 0) is 30.7 Å². The summed E-state index contributed by atoms with van der Waals surface area (Å²) in [7, 11) is 0. The minimum absolute atomic E-state index is 0.104. The highest BCUT2D eigenvalue weighted by Crippen LogP contribution is 2.23. The third-order valence-corrected chi connectivity index (χ3v) is 4.32. The summed E-state index contributed by atoms with van der Waals surface area (Å²) in [5.74, 6) is -0.420. The summed E-state index contributed by atoms with van der Waals surface area (Å²) < 4.78 is 14.5. The number of nitrogens with zero attached hydrogens (tertiary/aromatic N) is 4. The molecule has 0 unspecified atom stereocenters. The van der Waals surface area contributed by atoms with Crippen molar-refractivity contribution in [1.82, 2.24) is 14.9 Å². The average Bonchev–Trinajstić information content (AvgIpc) is 2.97. The van der Waals surface area contributed by atoms with Crippen LogP contribution in [0.15, 0.2) is 54.4 Å². The maximum Gasteiger partial charge on any atom is 0.256 e. The summed E-state index contributed by atoms with van der Waals surface area (Å²) in [4.78, 5) is 18.2. The lowest BCUT2D eigenvalue weighted by Crippen LogP contribution is -2.23. The zero-order valence-electron chi connectivity index (χ0n) is 14.7. The van der Waals surface area contributed by atoms with Gasteiger partial charge in [0.25, 0.3) is 5.91 Å². The predicted molar refractivity (Wildman–Crippen MR) is 99.0 cm³/mol. The molecule has 1 aromatic carbocycles. The maximum atomic E-state index is 14.5. The number of fused-ring (bicyclic) bond motifs is 1. The van der Waals surface area contributed by atoms with Crippen LogP contribution in [0, 0.1) is 5.82 Å². The molecular weight excluding hydrogens is 331 g/mol. The second kappa shape index (κ2) is 7.91. The number of halogens is 1. The van der Waals surface area contributed by atoms with Crippen molar-refractivity contribution in [2.24, 2.45) is 5.10 Å². The summed E-state index contributed by atoms with van der Waals surface area (Å²) in [6.45, 7) is 7.02. The Hall–Kier alpha value is -3.02. The lowest BCUT2D eigenvalue weighted by molar-refractivity contribution is 0.0765. The average molecular weight is 352 g/mol. The molecule has 1 aliphatic heterocycles. The second-order valence-electron chi connectivity index (χ2n) is 6.03. The Kier molecular flexibility index (Phi) is 5.41. The number of amides is 1. The van der Waals surface area contributed by atoms with Gasteiger partial charge in [-0.3, -0.25) is 14.8 Å². The molecule has 6 heteroatoms. The first kappa shape index (κ1) is 17.8. The molecule has 0 bridgehead atoms. The van der Waals surface area contributed by atoms with Crippen LogP contribution in [0.5, 0.6) is 0 Å². The Bertz CT molecular complexity index is 849. The number of aromatic nitrogens is 1. The molecule has 26 heavy (non-hydrogen) atoms. The first-order chi connectivity index (χ1) is 12.6. The van der Waals surface area contributed by atoms with E-state index in [0.29, 0.717) is 24.1 Å². The van der Waals surface area contributed by atoms with Crippen molar-refractivity contribution in [2.75, 3.05) is 6.54 Å². The van der Waals surface area contributed by atoms with Crippen LogP contribution in [0.4, 0.5) is 4.39 Å². The lowest BCUT2D eigenvalue weighted by atomic mass is 10.1. The van der Waals surface area contributed by atoms with Gasteiger partial charge in [-0.15, -0.1) is 0 Å². The van der Waals surface area contributed by atoms with Crippen molar-refractivity contribution in [3.05, 3.63) is 77.5 Å². The summed E-state index contributed by atoms with van der Waals surface area (Å²) in [6.07, 6.45) is 5.56. The molecule has 0 radical (unpaired) electrons. The van der Waals surface area contributed by atoms with Crippen LogP contribution in [0.3, 0.4) is 0 Å². The van der Waals surface area contributed by atoms with Gasteiger partial charge in [0, 0.05) is 43.7 Å². The van der Waals surface area contributed by atoms with Crippen molar-refractivity contribution >= 4 is 12.1 Å². The highest BCUT2D eigenvalue weighted by molar-refractivity contribution is 5.97. The highest BCUT2D eigenvalue weighted by atomic mass is 19.1. The molecule has 2 aromatic rings. The molecule has 0 saturated carbocycles. The van der Waals surface area contributed by atoms with Crippen molar-refractivity contribution in [3.63, 3.8) is 0 Å². The monoisotopic (exact) mass is 352 g/mol. The van der Waals surface area contributed by atoms with E-state index in [0.717, 1.165) is 17.8 Å². The van der Waals surface area contributed by atoms with E-state index in [1.165, 1.54) is 6.07 Å².